The summed E-state index contributed by atoms with van der Waals surface area (Å²) in [7, 11) is 0. The van der Waals surface area contributed by atoms with Gasteiger partial charge in [0.25, 0.3) is 0 Å². The van der Waals surface area contributed by atoms with Crippen molar-refractivity contribution in [1.29, 1.82) is 5.26 Å². The van der Waals surface area contributed by atoms with Crippen molar-refractivity contribution in [2.24, 2.45) is 0 Å². The first-order chi connectivity index (χ1) is 14.4. The van der Waals surface area contributed by atoms with Gasteiger partial charge in [-0.25, -0.2) is 0 Å². The van der Waals surface area contributed by atoms with E-state index in [0.717, 1.165) is 48.6 Å². The number of carbonyl (C=O) groups is 1. The largest absolute Gasteiger partial charge is 0.324 e. The lowest BCUT2D eigenvalue weighted by Gasteiger charge is -2.31. The van der Waals surface area contributed by atoms with Gasteiger partial charge < -0.3 is 10.2 Å². The Morgan fingerprint density at radius 3 is 2.17 bits per heavy atom. The normalized spacial score (nSPS) is 12.1. The van der Waals surface area contributed by atoms with Crippen molar-refractivity contribution in [3.63, 3.8) is 0 Å². The van der Waals surface area contributed by atoms with E-state index in [0.29, 0.717) is 12.1 Å². The molecule has 0 saturated carbocycles. The predicted octanol–water partition coefficient (Wildman–Crippen LogP) is 4.35. The van der Waals surface area contributed by atoms with Gasteiger partial charge in [-0.2, -0.15) is 5.26 Å². The number of amides is 1. The van der Waals surface area contributed by atoms with E-state index in [-0.39, 0.29) is 11.9 Å². The van der Waals surface area contributed by atoms with Crippen LogP contribution in [0.2, 0.25) is 0 Å². The molecule has 0 aromatic heterocycles. The molecule has 0 saturated heterocycles. The van der Waals surface area contributed by atoms with Gasteiger partial charge in [0.15, 0.2) is 0 Å². The standard InChI is InChI=1S/C25H34N4O/c1-6-28(7-2)15-16-29(18-23-13-11-22(17-26)12-14-23)21(5)25(30)27-24-19(3)9-8-10-20(24)4/h8-14,21H,6-7,15-16,18H2,1-5H3,(H,27,30). The highest BCUT2D eigenvalue weighted by Crippen LogP contribution is 2.20. The van der Waals surface area contributed by atoms with E-state index >= 15 is 0 Å². The molecule has 2 rings (SSSR count). The Labute approximate surface area is 181 Å². The molecule has 2 aromatic rings. The monoisotopic (exact) mass is 406 g/mol. The molecule has 30 heavy (non-hydrogen) atoms. The van der Waals surface area contributed by atoms with Crippen molar-refractivity contribution in [2.75, 3.05) is 31.5 Å². The molecule has 5 heteroatoms. The number of carbonyl (C=O) groups excluding carboxylic acids is 1. The first kappa shape index (κ1) is 23.6. The van der Waals surface area contributed by atoms with Crippen molar-refractivity contribution >= 4 is 11.6 Å². The lowest BCUT2D eigenvalue weighted by Crippen LogP contribution is -2.45. The fraction of sp³-hybridized carbons (Fsp3) is 0.440. The van der Waals surface area contributed by atoms with E-state index in [9.17, 15) is 4.79 Å². The number of nitrogens with zero attached hydrogens (tertiary/aromatic N) is 3. The van der Waals surface area contributed by atoms with Crippen LogP contribution in [0.4, 0.5) is 5.69 Å². The summed E-state index contributed by atoms with van der Waals surface area (Å²) < 4.78 is 0. The van der Waals surface area contributed by atoms with Crippen LogP contribution < -0.4 is 5.32 Å². The van der Waals surface area contributed by atoms with Gasteiger partial charge in [0, 0.05) is 25.3 Å². The smallest absolute Gasteiger partial charge is 0.241 e. The van der Waals surface area contributed by atoms with Gasteiger partial charge in [-0.05, 0) is 62.7 Å². The number of para-hydroxylation sites is 1. The van der Waals surface area contributed by atoms with E-state index < -0.39 is 0 Å². The highest BCUT2D eigenvalue weighted by Gasteiger charge is 2.23. The zero-order valence-electron chi connectivity index (χ0n) is 18.9. The Morgan fingerprint density at radius 2 is 1.63 bits per heavy atom. The number of aryl methyl sites for hydroxylation is 2. The third-order valence-corrected chi connectivity index (χ3v) is 5.72. The zero-order chi connectivity index (χ0) is 22.1. The van der Waals surface area contributed by atoms with E-state index in [1.54, 1.807) is 0 Å². The third-order valence-electron chi connectivity index (χ3n) is 5.72. The summed E-state index contributed by atoms with van der Waals surface area (Å²) in [5, 5.41) is 12.2. The Kier molecular flexibility index (Phi) is 9.04. The summed E-state index contributed by atoms with van der Waals surface area (Å²) in [6.07, 6.45) is 0. The van der Waals surface area contributed by atoms with E-state index in [2.05, 4.69) is 35.0 Å². The maximum atomic E-state index is 13.1. The molecule has 0 aliphatic carbocycles. The number of nitriles is 1. The lowest BCUT2D eigenvalue weighted by atomic mass is 10.1. The average Bonchev–Trinajstić information content (AvgIpc) is 2.76. The van der Waals surface area contributed by atoms with Gasteiger partial charge in [-0.15, -0.1) is 0 Å². The quantitative estimate of drug-likeness (QED) is 0.637. The summed E-state index contributed by atoms with van der Waals surface area (Å²) in [6.45, 7) is 14.7. The van der Waals surface area contributed by atoms with Gasteiger partial charge >= 0.3 is 0 Å². The Morgan fingerprint density at radius 1 is 1.03 bits per heavy atom. The van der Waals surface area contributed by atoms with Gasteiger partial charge in [0.1, 0.15) is 0 Å². The van der Waals surface area contributed by atoms with Crippen LogP contribution in [0, 0.1) is 25.2 Å². The number of anilines is 1. The zero-order valence-corrected chi connectivity index (χ0v) is 18.9. The molecule has 5 nitrogen and oxygen atoms in total. The highest BCUT2D eigenvalue weighted by molar-refractivity contribution is 5.95. The Balaban J connectivity index is 2.17. The molecule has 1 unspecified atom stereocenters. The van der Waals surface area contributed by atoms with Crippen LogP contribution in [0.25, 0.3) is 0 Å². The van der Waals surface area contributed by atoms with Crippen LogP contribution in [0.5, 0.6) is 0 Å². The fourth-order valence-corrected chi connectivity index (χ4v) is 3.54. The van der Waals surface area contributed by atoms with Gasteiger partial charge in [0.2, 0.25) is 5.91 Å². The minimum absolute atomic E-state index is 0.000548. The number of likely N-dealkylation sites (N-methyl/N-ethyl adjacent to an activating group) is 1. The van der Waals surface area contributed by atoms with Crippen molar-refractivity contribution in [2.45, 2.75) is 47.2 Å². The summed E-state index contributed by atoms with van der Waals surface area (Å²) in [4.78, 5) is 17.7. The van der Waals surface area contributed by atoms with Crippen LogP contribution in [0.3, 0.4) is 0 Å². The summed E-state index contributed by atoms with van der Waals surface area (Å²) >= 11 is 0. The topological polar surface area (TPSA) is 59.4 Å². The number of nitrogens with one attached hydrogen (secondary N) is 1. The van der Waals surface area contributed by atoms with Gasteiger partial charge in [-0.3, -0.25) is 9.69 Å². The van der Waals surface area contributed by atoms with Crippen LogP contribution in [0.1, 0.15) is 43.0 Å². The first-order valence-corrected chi connectivity index (χ1v) is 10.7. The molecule has 0 heterocycles. The SMILES string of the molecule is CCN(CC)CCN(Cc1ccc(C#N)cc1)C(C)C(=O)Nc1c(C)cccc1C. The number of rotatable bonds is 10. The molecule has 2 aromatic carbocycles. The van der Waals surface area contributed by atoms with Crippen LogP contribution in [0.15, 0.2) is 42.5 Å². The summed E-state index contributed by atoms with van der Waals surface area (Å²) in [5.41, 5.74) is 4.78. The second kappa shape index (κ2) is 11.5. The summed E-state index contributed by atoms with van der Waals surface area (Å²) in [5.74, 6) is 0.000548. The molecule has 0 aliphatic heterocycles. The van der Waals surface area contributed by atoms with Gasteiger partial charge in [0.05, 0.1) is 17.7 Å². The van der Waals surface area contributed by atoms with Crippen LogP contribution in [-0.4, -0.2) is 47.9 Å². The molecule has 1 amide bonds. The van der Waals surface area contributed by atoms with Gasteiger partial charge in [-0.1, -0.05) is 44.2 Å². The lowest BCUT2D eigenvalue weighted by molar-refractivity contribution is -0.121. The van der Waals surface area contributed by atoms with Crippen LogP contribution >= 0.6 is 0 Å². The number of hydrogen-bond acceptors (Lipinski definition) is 4. The van der Waals surface area contributed by atoms with E-state index in [1.165, 1.54) is 0 Å². The molecule has 0 spiro atoms. The number of hydrogen-bond donors (Lipinski definition) is 1. The van der Waals surface area contributed by atoms with E-state index in [4.69, 9.17) is 5.26 Å². The minimum atomic E-state index is -0.282. The summed E-state index contributed by atoms with van der Waals surface area (Å²) in [6, 6.07) is 15.5. The maximum Gasteiger partial charge on any atom is 0.241 e. The molecule has 1 N–H and O–H groups in total. The Hall–Kier alpha value is -2.68. The molecule has 0 fully saturated rings. The molecular weight excluding hydrogens is 372 g/mol. The predicted molar refractivity (Wildman–Crippen MR) is 123 cm³/mol. The third kappa shape index (κ3) is 6.41. The second-order valence-corrected chi connectivity index (χ2v) is 7.74. The average molecular weight is 407 g/mol. The molecule has 0 radical (unpaired) electrons. The highest BCUT2D eigenvalue weighted by atomic mass is 16.2. The fourth-order valence-electron chi connectivity index (χ4n) is 3.54. The molecule has 0 aliphatic rings. The van der Waals surface area contributed by atoms with Crippen LogP contribution in [-0.2, 0) is 11.3 Å². The number of benzene rings is 2. The first-order valence-electron chi connectivity index (χ1n) is 10.7. The van der Waals surface area contributed by atoms with Crippen molar-refractivity contribution in [3.05, 3.63) is 64.7 Å². The molecular formula is C25H34N4O. The molecule has 0 bridgehead atoms. The van der Waals surface area contributed by atoms with Crippen molar-refractivity contribution < 1.29 is 4.79 Å². The second-order valence-electron chi connectivity index (χ2n) is 7.74. The van der Waals surface area contributed by atoms with Crippen molar-refractivity contribution in [1.82, 2.24) is 9.80 Å². The van der Waals surface area contributed by atoms with E-state index in [1.807, 2.05) is 63.2 Å². The molecule has 1 atom stereocenters. The maximum absolute atomic E-state index is 13.1. The Bertz CT molecular complexity index is 845. The minimum Gasteiger partial charge on any atom is -0.324 e. The molecule has 160 valence electrons. The van der Waals surface area contributed by atoms with Crippen molar-refractivity contribution in [3.8, 4) is 6.07 Å².